The summed E-state index contributed by atoms with van der Waals surface area (Å²) >= 11 is 0. The lowest BCUT2D eigenvalue weighted by Gasteiger charge is -2.11. The van der Waals surface area contributed by atoms with Gasteiger partial charge in [0.1, 0.15) is 5.69 Å². The zero-order valence-electron chi connectivity index (χ0n) is 15.3. The van der Waals surface area contributed by atoms with Gasteiger partial charge in [0.05, 0.1) is 11.4 Å². The molecule has 0 aliphatic heterocycles. The van der Waals surface area contributed by atoms with Gasteiger partial charge in [-0.15, -0.1) is 0 Å². The van der Waals surface area contributed by atoms with Crippen LogP contribution < -0.4 is 10.9 Å². The molecule has 0 aliphatic carbocycles. The lowest BCUT2D eigenvalue weighted by Crippen LogP contribution is -2.23. The Morgan fingerprint density at radius 1 is 1.04 bits per heavy atom. The molecule has 5 nitrogen and oxygen atoms in total. The van der Waals surface area contributed by atoms with Crippen LogP contribution in [0.3, 0.4) is 0 Å². The lowest BCUT2D eigenvalue weighted by atomic mass is 9.97. The van der Waals surface area contributed by atoms with E-state index in [1.165, 1.54) is 0 Å². The molecular weight excluding hydrogens is 326 g/mol. The molecule has 1 aromatic heterocycles. The van der Waals surface area contributed by atoms with Crippen LogP contribution in [-0.2, 0) is 11.8 Å². The molecule has 134 valence electrons. The van der Waals surface area contributed by atoms with Gasteiger partial charge < -0.3 is 5.32 Å². The van der Waals surface area contributed by atoms with Crippen molar-refractivity contribution in [2.24, 2.45) is 7.05 Å². The van der Waals surface area contributed by atoms with Crippen LogP contribution in [0.1, 0.15) is 30.5 Å². The molecular formula is C21H23N3O2. The second-order valence-electron chi connectivity index (χ2n) is 6.50. The largest absolute Gasteiger partial charge is 0.320 e. The first-order valence-corrected chi connectivity index (χ1v) is 8.68. The van der Waals surface area contributed by atoms with E-state index in [1.807, 2.05) is 81.6 Å². The summed E-state index contributed by atoms with van der Waals surface area (Å²) in [5.74, 6) is -0.0797. The fourth-order valence-electron chi connectivity index (χ4n) is 3.08. The Kier molecular flexibility index (Phi) is 5.07. The number of anilines is 1. The standard InChI is InChI=1S/C21H23N3O2/c1-15(17-10-6-4-7-11-17)14-19(25)22-20-16(2)23(3)24(21(20)26)18-12-8-5-9-13-18/h4-13,15H,14H2,1-3H3,(H,22,25)/t15-/m0/s1. The van der Waals surface area contributed by atoms with E-state index in [0.29, 0.717) is 12.1 Å². The van der Waals surface area contributed by atoms with Crippen molar-refractivity contribution < 1.29 is 4.79 Å². The Hall–Kier alpha value is -3.08. The molecule has 3 rings (SSSR count). The minimum Gasteiger partial charge on any atom is -0.320 e. The molecule has 1 amide bonds. The Bertz CT molecular complexity index is 956. The van der Waals surface area contributed by atoms with Gasteiger partial charge in [-0.1, -0.05) is 55.5 Å². The van der Waals surface area contributed by atoms with Crippen molar-refractivity contribution in [2.45, 2.75) is 26.2 Å². The quantitative estimate of drug-likeness (QED) is 0.765. The van der Waals surface area contributed by atoms with Crippen LogP contribution in [0.4, 0.5) is 5.69 Å². The highest BCUT2D eigenvalue weighted by Crippen LogP contribution is 2.20. The van der Waals surface area contributed by atoms with E-state index >= 15 is 0 Å². The van der Waals surface area contributed by atoms with Crippen molar-refractivity contribution in [1.82, 2.24) is 9.36 Å². The summed E-state index contributed by atoms with van der Waals surface area (Å²) in [6.07, 6.45) is 0.323. The third kappa shape index (κ3) is 3.47. The number of carbonyl (C=O) groups excluding carboxylic acids is 1. The summed E-state index contributed by atoms with van der Waals surface area (Å²) in [7, 11) is 1.81. The van der Waals surface area contributed by atoms with Crippen LogP contribution >= 0.6 is 0 Å². The minimum absolute atomic E-state index is 0.0802. The number of hydrogen-bond acceptors (Lipinski definition) is 2. The monoisotopic (exact) mass is 349 g/mol. The van der Waals surface area contributed by atoms with Crippen molar-refractivity contribution in [2.75, 3.05) is 5.32 Å². The lowest BCUT2D eigenvalue weighted by molar-refractivity contribution is -0.116. The normalized spacial score (nSPS) is 12.0. The molecule has 1 heterocycles. The molecule has 1 atom stereocenters. The SMILES string of the molecule is Cc1c(NC(=O)C[C@H](C)c2ccccc2)c(=O)n(-c2ccccc2)n1C. The molecule has 0 aliphatic rings. The second kappa shape index (κ2) is 7.44. The van der Waals surface area contributed by atoms with Crippen molar-refractivity contribution in [3.63, 3.8) is 0 Å². The first-order valence-electron chi connectivity index (χ1n) is 8.68. The zero-order chi connectivity index (χ0) is 18.7. The van der Waals surface area contributed by atoms with Crippen LogP contribution in [0.2, 0.25) is 0 Å². The average molecular weight is 349 g/mol. The smallest absolute Gasteiger partial charge is 0.295 e. The molecule has 26 heavy (non-hydrogen) atoms. The van der Waals surface area contributed by atoms with E-state index in [2.05, 4.69) is 5.32 Å². The van der Waals surface area contributed by atoms with Gasteiger partial charge >= 0.3 is 0 Å². The van der Waals surface area contributed by atoms with Gasteiger partial charge in [0, 0.05) is 13.5 Å². The Balaban J connectivity index is 1.82. The molecule has 0 saturated carbocycles. The molecule has 3 aromatic rings. The molecule has 0 saturated heterocycles. The fourth-order valence-corrected chi connectivity index (χ4v) is 3.08. The van der Waals surface area contributed by atoms with Crippen LogP contribution in [0.25, 0.3) is 5.69 Å². The average Bonchev–Trinajstić information content (AvgIpc) is 2.86. The summed E-state index contributed by atoms with van der Waals surface area (Å²) in [5, 5.41) is 2.82. The van der Waals surface area contributed by atoms with Crippen molar-refractivity contribution in [3.05, 3.63) is 82.3 Å². The van der Waals surface area contributed by atoms with Gasteiger partial charge in [0.25, 0.3) is 5.56 Å². The molecule has 5 heteroatoms. The molecule has 1 N–H and O–H groups in total. The molecule has 0 spiro atoms. The number of nitrogens with one attached hydrogen (secondary N) is 1. The minimum atomic E-state index is -0.225. The van der Waals surface area contributed by atoms with Crippen molar-refractivity contribution in [3.8, 4) is 5.69 Å². The molecule has 0 bridgehead atoms. The highest BCUT2D eigenvalue weighted by Gasteiger charge is 2.19. The van der Waals surface area contributed by atoms with E-state index in [1.54, 1.807) is 9.36 Å². The number of nitrogens with zero attached hydrogens (tertiary/aromatic N) is 2. The van der Waals surface area contributed by atoms with Gasteiger partial charge in [-0.05, 0) is 30.5 Å². The maximum atomic E-state index is 12.8. The topological polar surface area (TPSA) is 56.0 Å². The number of carbonyl (C=O) groups is 1. The van der Waals surface area contributed by atoms with Gasteiger partial charge in [0.2, 0.25) is 5.91 Å². The summed E-state index contributed by atoms with van der Waals surface area (Å²) in [4.78, 5) is 25.3. The van der Waals surface area contributed by atoms with E-state index in [4.69, 9.17) is 0 Å². The van der Waals surface area contributed by atoms with Crippen LogP contribution in [0.5, 0.6) is 0 Å². The molecule has 0 radical (unpaired) electrons. The van der Waals surface area contributed by atoms with Gasteiger partial charge in [-0.25, -0.2) is 4.68 Å². The number of rotatable bonds is 5. The first kappa shape index (κ1) is 17.7. The molecule has 0 unspecified atom stereocenters. The van der Waals surface area contributed by atoms with Gasteiger partial charge in [-0.3, -0.25) is 14.3 Å². The predicted molar refractivity (Wildman–Crippen MR) is 104 cm³/mol. The van der Waals surface area contributed by atoms with Crippen molar-refractivity contribution >= 4 is 11.6 Å². The molecule has 0 fully saturated rings. The number of aromatic nitrogens is 2. The molecule has 2 aromatic carbocycles. The fraction of sp³-hybridized carbons (Fsp3) is 0.238. The summed E-state index contributed by atoms with van der Waals surface area (Å²) < 4.78 is 3.32. The predicted octanol–water partition coefficient (Wildman–Crippen LogP) is 3.62. The number of benzene rings is 2. The second-order valence-corrected chi connectivity index (χ2v) is 6.50. The van der Waals surface area contributed by atoms with Crippen LogP contribution in [0.15, 0.2) is 65.5 Å². The third-order valence-electron chi connectivity index (χ3n) is 4.68. The Labute approximate surface area is 152 Å². The summed E-state index contributed by atoms with van der Waals surface area (Å²) in [6.45, 7) is 3.84. The zero-order valence-corrected chi connectivity index (χ0v) is 15.3. The maximum Gasteiger partial charge on any atom is 0.295 e. The van der Waals surface area contributed by atoms with E-state index < -0.39 is 0 Å². The number of hydrogen-bond donors (Lipinski definition) is 1. The first-order chi connectivity index (χ1) is 12.5. The maximum absolute atomic E-state index is 12.8. The third-order valence-corrected chi connectivity index (χ3v) is 4.68. The Morgan fingerprint density at radius 3 is 2.23 bits per heavy atom. The summed E-state index contributed by atoms with van der Waals surface area (Å²) in [6, 6.07) is 19.3. The van der Waals surface area contributed by atoms with Crippen LogP contribution in [-0.4, -0.2) is 15.3 Å². The van der Waals surface area contributed by atoms with Gasteiger partial charge in [-0.2, -0.15) is 0 Å². The van der Waals surface area contributed by atoms with E-state index in [-0.39, 0.29) is 17.4 Å². The van der Waals surface area contributed by atoms with Gasteiger partial charge in [0.15, 0.2) is 0 Å². The number of para-hydroxylation sites is 1. The van der Waals surface area contributed by atoms with Crippen molar-refractivity contribution in [1.29, 1.82) is 0 Å². The Morgan fingerprint density at radius 2 is 1.62 bits per heavy atom. The summed E-state index contributed by atoms with van der Waals surface area (Å²) in [5.41, 5.74) is 2.70. The highest BCUT2D eigenvalue weighted by atomic mass is 16.2. The van der Waals surface area contributed by atoms with E-state index in [9.17, 15) is 9.59 Å². The van der Waals surface area contributed by atoms with E-state index in [0.717, 1.165) is 16.9 Å². The number of amides is 1. The van der Waals surface area contributed by atoms with Crippen LogP contribution in [0, 0.1) is 6.92 Å². The highest BCUT2D eigenvalue weighted by molar-refractivity contribution is 5.91.